The number of anilines is 2. The maximum absolute atomic E-state index is 14.9. The molecule has 0 aliphatic carbocycles. The van der Waals surface area contributed by atoms with Crippen molar-refractivity contribution in [1.82, 2.24) is 39.4 Å². The van der Waals surface area contributed by atoms with Gasteiger partial charge < -0.3 is 24.4 Å². The zero-order chi connectivity index (χ0) is 27.9. The number of hydrogen-bond donors (Lipinski definition) is 1. The van der Waals surface area contributed by atoms with Gasteiger partial charge in [-0.25, -0.2) is 33.2 Å². The average Bonchev–Trinajstić information content (AvgIpc) is 3.39. The molecule has 206 valence electrons. The highest BCUT2D eigenvalue weighted by Crippen LogP contribution is 2.41. The minimum Gasteiger partial charge on any atom is -0.478 e. The maximum Gasteiger partial charge on any atom is 0.296 e. The molecule has 1 aliphatic rings. The zero-order valence-corrected chi connectivity index (χ0v) is 22.0. The molecule has 0 amide bonds. The minimum absolute atomic E-state index is 0.0272. The number of piperidine rings is 1. The Hall–Kier alpha value is -4.43. The molecule has 4 aromatic heterocycles. The van der Waals surface area contributed by atoms with Gasteiger partial charge >= 0.3 is 0 Å². The zero-order valence-electron chi connectivity index (χ0n) is 21.3. The largest absolute Gasteiger partial charge is 0.478 e. The van der Waals surface area contributed by atoms with E-state index in [4.69, 9.17) is 25.8 Å². The number of pyridine rings is 1. The molecule has 0 spiro atoms. The van der Waals surface area contributed by atoms with Crippen molar-refractivity contribution in [3.05, 3.63) is 54.5 Å². The van der Waals surface area contributed by atoms with Crippen LogP contribution in [-0.2, 0) is 0 Å². The van der Waals surface area contributed by atoms with E-state index in [9.17, 15) is 8.78 Å². The predicted molar refractivity (Wildman–Crippen MR) is 141 cm³/mol. The number of nitrogens with one attached hydrogen (secondary N) is 1. The van der Waals surface area contributed by atoms with Gasteiger partial charge in [0, 0.05) is 18.7 Å². The first-order chi connectivity index (χ1) is 19.3. The van der Waals surface area contributed by atoms with Crippen LogP contribution in [0.15, 0.2) is 49.4 Å². The molecule has 6 rings (SSSR count). The molecule has 15 heteroatoms. The van der Waals surface area contributed by atoms with Crippen molar-refractivity contribution in [1.29, 1.82) is 0 Å². The third-order valence-corrected chi connectivity index (χ3v) is 6.61. The van der Waals surface area contributed by atoms with Gasteiger partial charge in [-0.3, -0.25) is 0 Å². The molecule has 1 fully saturated rings. The Morgan fingerprint density at radius 1 is 1.10 bits per heavy atom. The third-order valence-electron chi connectivity index (χ3n) is 6.31. The molecule has 0 radical (unpaired) electrons. The van der Waals surface area contributed by atoms with Crippen molar-refractivity contribution >= 4 is 39.8 Å². The summed E-state index contributed by atoms with van der Waals surface area (Å²) in [6.07, 6.45) is 6.06. The van der Waals surface area contributed by atoms with Gasteiger partial charge in [-0.1, -0.05) is 11.6 Å². The number of methoxy groups -OCH3 is 1. The van der Waals surface area contributed by atoms with Crippen LogP contribution in [0.1, 0.15) is 6.42 Å². The minimum atomic E-state index is -3.08. The van der Waals surface area contributed by atoms with Gasteiger partial charge in [0.25, 0.3) is 17.6 Å². The van der Waals surface area contributed by atoms with E-state index >= 15 is 0 Å². The van der Waals surface area contributed by atoms with Crippen LogP contribution < -0.4 is 19.5 Å². The number of alkyl halides is 2. The van der Waals surface area contributed by atoms with E-state index in [0.717, 1.165) is 0 Å². The molecule has 1 aromatic carbocycles. The Morgan fingerprint density at radius 2 is 1.98 bits per heavy atom. The summed E-state index contributed by atoms with van der Waals surface area (Å²) < 4.78 is 48.4. The van der Waals surface area contributed by atoms with E-state index < -0.39 is 18.6 Å². The second-order valence-corrected chi connectivity index (χ2v) is 9.55. The fourth-order valence-electron chi connectivity index (χ4n) is 4.41. The maximum atomic E-state index is 14.9. The number of hydrogen-bond acceptors (Lipinski definition) is 11. The van der Waals surface area contributed by atoms with Crippen LogP contribution in [0.25, 0.3) is 16.7 Å². The summed E-state index contributed by atoms with van der Waals surface area (Å²) in [6.45, 7) is 0.0352. The van der Waals surface area contributed by atoms with Gasteiger partial charge in [0.15, 0.2) is 17.6 Å². The van der Waals surface area contributed by atoms with Crippen molar-refractivity contribution in [2.24, 2.45) is 0 Å². The molecule has 0 bridgehead atoms. The Morgan fingerprint density at radius 3 is 2.77 bits per heavy atom. The van der Waals surface area contributed by atoms with Gasteiger partial charge in [0.05, 0.1) is 48.2 Å². The molecular formula is C25H22ClF2N9O3. The summed E-state index contributed by atoms with van der Waals surface area (Å²) in [4.78, 5) is 22.5. The monoisotopic (exact) mass is 569 g/mol. The lowest BCUT2D eigenvalue weighted by molar-refractivity contribution is -0.135. The summed E-state index contributed by atoms with van der Waals surface area (Å²) >= 11 is 6.52. The number of nitrogens with zero attached hydrogens (tertiary/aromatic N) is 8. The second-order valence-electron chi connectivity index (χ2n) is 9.14. The van der Waals surface area contributed by atoms with Crippen LogP contribution in [0.5, 0.6) is 23.1 Å². The van der Waals surface area contributed by atoms with Crippen molar-refractivity contribution in [3.8, 4) is 23.1 Å². The molecule has 1 atom stereocenters. The average molecular weight is 570 g/mol. The van der Waals surface area contributed by atoms with Crippen molar-refractivity contribution in [2.75, 3.05) is 32.6 Å². The molecule has 0 saturated carbocycles. The van der Waals surface area contributed by atoms with Crippen LogP contribution in [0, 0.1) is 0 Å². The van der Waals surface area contributed by atoms with E-state index in [1.54, 1.807) is 36.3 Å². The third kappa shape index (κ3) is 4.98. The highest BCUT2D eigenvalue weighted by molar-refractivity contribution is 6.32. The lowest BCUT2D eigenvalue weighted by Gasteiger charge is -2.36. The molecule has 1 N–H and O–H groups in total. The number of halogens is 3. The number of aromatic nitrogens is 7. The van der Waals surface area contributed by atoms with Crippen molar-refractivity contribution in [3.63, 3.8) is 0 Å². The van der Waals surface area contributed by atoms with Crippen LogP contribution in [0.3, 0.4) is 0 Å². The van der Waals surface area contributed by atoms with Gasteiger partial charge in [0.2, 0.25) is 0 Å². The fourth-order valence-corrected chi connectivity index (χ4v) is 4.63. The summed E-state index contributed by atoms with van der Waals surface area (Å²) in [5.41, 5.74) is 0.931. The Kier molecular flexibility index (Phi) is 6.64. The van der Waals surface area contributed by atoms with Crippen molar-refractivity contribution in [2.45, 2.75) is 18.4 Å². The molecule has 1 saturated heterocycles. The van der Waals surface area contributed by atoms with Gasteiger partial charge in [-0.15, -0.1) is 0 Å². The summed E-state index contributed by atoms with van der Waals surface area (Å²) in [5.74, 6) is -1.50. The Labute approximate surface area is 230 Å². The molecular weight excluding hydrogens is 548 g/mol. The van der Waals surface area contributed by atoms with Crippen molar-refractivity contribution < 1.29 is 23.0 Å². The number of fused-ring (bicyclic) bond motifs is 2. The first-order valence-corrected chi connectivity index (χ1v) is 12.5. The smallest absolute Gasteiger partial charge is 0.296 e. The Bertz CT molecular complexity index is 1700. The topological polar surface area (TPSA) is 125 Å². The molecule has 1 aliphatic heterocycles. The number of likely N-dealkylation sites (tertiary alicyclic amines) is 1. The highest BCUT2D eigenvalue weighted by Gasteiger charge is 2.46. The summed E-state index contributed by atoms with van der Waals surface area (Å²) in [6, 6.07) is 5.02. The van der Waals surface area contributed by atoms with Crippen LogP contribution in [0.2, 0.25) is 5.02 Å². The first-order valence-electron chi connectivity index (χ1n) is 12.1. The van der Waals surface area contributed by atoms with Crippen LogP contribution in [-0.4, -0.2) is 78.7 Å². The number of benzene rings is 1. The standard InChI is InChI=1S/C25H22ClF2N9O3/c1-36-6-5-19(25(27,28)11-36)40-21-20-17(9-29-23(21)38-2)31-12-32-22(20)35-14-3-4-18(16(26)7-14)39-15-8-30-24-33-13-34-37(24)10-15/h3-4,7-10,12-13,19H,5-6,11H2,1-2H3,(H,31,32,35)/t19-/m1/s1. The second kappa shape index (κ2) is 10.3. The quantitative estimate of drug-likeness (QED) is 0.300. The van der Waals surface area contributed by atoms with E-state index in [1.807, 2.05) is 0 Å². The summed E-state index contributed by atoms with van der Waals surface area (Å²) in [5, 5.41) is 7.84. The van der Waals surface area contributed by atoms with Gasteiger partial charge in [0.1, 0.15) is 24.2 Å². The highest BCUT2D eigenvalue weighted by atomic mass is 35.5. The van der Waals surface area contributed by atoms with E-state index in [2.05, 4.69) is 35.3 Å². The predicted octanol–water partition coefficient (Wildman–Crippen LogP) is 4.38. The molecule has 40 heavy (non-hydrogen) atoms. The number of ether oxygens (including phenoxy) is 3. The molecule has 12 nitrogen and oxygen atoms in total. The summed E-state index contributed by atoms with van der Waals surface area (Å²) in [7, 11) is 3.03. The molecule has 0 unspecified atom stereocenters. The van der Waals surface area contributed by atoms with E-state index in [1.165, 1.54) is 36.7 Å². The van der Waals surface area contributed by atoms with Crippen LogP contribution >= 0.6 is 11.6 Å². The first kappa shape index (κ1) is 25.8. The molecule has 5 heterocycles. The van der Waals surface area contributed by atoms with Crippen LogP contribution in [0.4, 0.5) is 20.3 Å². The number of rotatable bonds is 7. The normalized spacial score (nSPS) is 17.2. The lowest BCUT2D eigenvalue weighted by atomic mass is 10.0. The SMILES string of the molecule is COc1ncc2ncnc(Nc3ccc(Oc4cnc5ncnn5c4)c(Cl)c3)c2c1O[C@@H]1CCN(C)CC1(F)F. The molecule has 5 aromatic rings. The van der Waals surface area contributed by atoms with Gasteiger partial charge in [-0.05, 0) is 25.2 Å². The van der Waals surface area contributed by atoms with Gasteiger partial charge in [-0.2, -0.15) is 10.1 Å². The van der Waals surface area contributed by atoms with E-state index in [0.29, 0.717) is 51.3 Å². The lowest BCUT2D eigenvalue weighted by Crippen LogP contribution is -2.52. The Balaban J connectivity index is 1.31. The fraction of sp³-hybridized carbons (Fsp3) is 0.280. The van der Waals surface area contributed by atoms with E-state index in [-0.39, 0.29) is 18.1 Å².